The Morgan fingerprint density at radius 2 is 1.81 bits per heavy atom. The number of hydrogen-bond acceptors (Lipinski definition) is 4. The second kappa shape index (κ2) is 9.97. The van der Waals surface area contributed by atoms with Crippen LogP contribution in [-0.2, 0) is 23.2 Å². The van der Waals surface area contributed by atoms with Crippen LogP contribution in [0, 0.1) is 13.8 Å². The number of nitrogens with zero attached hydrogens (tertiary/aromatic N) is 5. The fraction of sp³-hybridized carbons (Fsp3) is 0.357. The summed E-state index contributed by atoms with van der Waals surface area (Å²) in [5.74, 6) is -0.497. The fourth-order valence-electron chi connectivity index (χ4n) is 4.18. The second-order valence-corrected chi connectivity index (χ2v) is 9.94. The van der Waals surface area contributed by atoms with E-state index in [1.165, 1.54) is 0 Å². The third-order valence-corrected chi connectivity index (χ3v) is 6.86. The predicted octanol–water partition coefficient (Wildman–Crippen LogP) is 4.47. The van der Waals surface area contributed by atoms with E-state index < -0.39 is 11.6 Å². The number of aryl methyl sites for hydroxylation is 3. The van der Waals surface area contributed by atoms with Gasteiger partial charge >= 0.3 is 0 Å². The molecule has 4 rings (SSSR count). The summed E-state index contributed by atoms with van der Waals surface area (Å²) in [7, 11) is 1.88. The molecule has 0 aliphatic carbocycles. The van der Waals surface area contributed by atoms with Crippen molar-refractivity contribution >= 4 is 28.5 Å². The van der Waals surface area contributed by atoms with Gasteiger partial charge in [-0.05, 0) is 81.6 Å². The Hall–Kier alpha value is -3.94. The third kappa shape index (κ3) is 5.03. The number of carbonyl (C=O) groups is 2. The average Bonchev–Trinajstić information content (AvgIpc) is 3.45. The zero-order valence-electron chi connectivity index (χ0n) is 21.8. The van der Waals surface area contributed by atoms with Crippen LogP contribution in [0.3, 0.4) is 0 Å². The first kappa shape index (κ1) is 25.2. The van der Waals surface area contributed by atoms with Crippen LogP contribution in [0.1, 0.15) is 50.1 Å². The molecule has 8 nitrogen and oxygen atoms in total. The Morgan fingerprint density at radius 3 is 2.47 bits per heavy atom. The van der Waals surface area contributed by atoms with Crippen molar-refractivity contribution in [3.8, 4) is 0 Å². The van der Waals surface area contributed by atoms with Crippen LogP contribution in [0.2, 0.25) is 0 Å². The first-order chi connectivity index (χ1) is 17.1. The van der Waals surface area contributed by atoms with Crippen molar-refractivity contribution in [3.63, 3.8) is 0 Å². The molecule has 4 aromatic rings. The minimum atomic E-state index is -0.875. The molecule has 0 aliphatic heterocycles. The smallest absolute Gasteiger partial charge is 0.249 e. The van der Waals surface area contributed by atoms with Crippen molar-refractivity contribution < 1.29 is 9.59 Å². The number of rotatable bonds is 8. The van der Waals surface area contributed by atoms with E-state index in [1.54, 1.807) is 9.58 Å². The molecule has 0 spiro atoms. The summed E-state index contributed by atoms with van der Waals surface area (Å²) in [6.07, 6.45) is 2.63. The van der Waals surface area contributed by atoms with Gasteiger partial charge in [0.15, 0.2) is 6.04 Å². The van der Waals surface area contributed by atoms with Gasteiger partial charge in [0.25, 0.3) is 0 Å². The van der Waals surface area contributed by atoms with Crippen LogP contribution < -0.4 is 10.2 Å². The van der Waals surface area contributed by atoms with Gasteiger partial charge in [-0.3, -0.25) is 14.5 Å². The monoisotopic (exact) mass is 486 g/mol. The summed E-state index contributed by atoms with van der Waals surface area (Å²) in [5.41, 5.74) is 4.57. The number of amides is 2. The molecular formula is C28H34N6O2. The molecule has 0 fully saturated rings. The SMILES string of the molecule is CCC(C)(C)NC(=O)C(c1cccn1C)N(C(=O)Cn1nnc2ccccc21)c1ccc(C)c(C)c1. The molecule has 1 atom stereocenters. The Bertz CT molecular complexity index is 1400. The zero-order chi connectivity index (χ0) is 26.0. The lowest BCUT2D eigenvalue weighted by atomic mass is 10.00. The number of nitrogens with one attached hydrogen (secondary N) is 1. The summed E-state index contributed by atoms with van der Waals surface area (Å²) >= 11 is 0. The molecule has 2 aromatic heterocycles. The van der Waals surface area contributed by atoms with E-state index in [1.807, 2.05) is 107 Å². The molecular weight excluding hydrogens is 452 g/mol. The second-order valence-electron chi connectivity index (χ2n) is 9.94. The maximum atomic E-state index is 14.1. The van der Waals surface area contributed by atoms with Crippen LogP contribution in [-0.4, -0.2) is 36.9 Å². The largest absolute Gasteiger partial charge is 0.352 e. The van der Waals surface area contributed by atoms with E-state index in [9.17, 15) is 9.59 Å². The van der Waals surface area contributed by atoms with E-state index in [2.05, 4.69) is 15.6 Å². The Morgan fingerprint density at radius 1 is 1.06 bits per heavy atom. The summed E-state index contributed by atoms with van der Waals surface area (Å²) < 4.78 is 3.47. The molecule has 2 amide bonds. The highest BCUT2D eigenvalue weighted by molar-refractivity contribution is 6.01. The summed E-state index contributed by atoms with van der Waals surface area (Å²) in [4.78, 5) is 29.6. The van der Waals surface area contributed by atoms with E-state index in [0.29, 0.717) is 11.2 Å². The minimum absolute atomic E-state index is 0.0567. The minimum Gasteiger partial charge on any atom is -0.352 e. The summed E-state index contributed by atoms with van der Waals surface area (Å²) in [6, 6.07) is 16.2. The molecule has 0 bridgehead atoms. The number of anilines is 1. The van der Waals surface area contributed by atoms with E-state index in [4.69, 9.17) is 0 Å². The first-order valence-electron chi connectivity index (χ1n) is 12.2. The van der Waals surface area contributed by atoms with E-state index >= 15 is 0 Å². The molecule has 1 N–H and O–H groups in total. The molecule has 0 aliphatic rings. The molecule has 2 heterocycles. The number of benzene rings is 2. The van der Waals surface area contributed by atoms with Gasteiger partial charge in [-0.15, -0.1) is 5.10 Å². The summed E-state index contributed by atoms with van der Waals surface area (Å²) in [5, 5.41) is 11.6. The van der Waals surface area contributed by atoms with Crippen LogP contribution >= 0.6 is 0 Å². The average molecular weight is 487 g/mol. The van der Waals surface area contributed by atoms with Crippen molar-refractivity contribution in [2.45, 2.75) is 59.2 Å². The quantitative estimate of drug-likeness (QED) is 0.398. The fourth-order valence-corrected chi connectivity index (χ4v) is 4.18. The van der Waals surface area contributed by atoms with Gasteiger partial charge in [0.1, 0.15) is 12.1 Å². The van der Waals surface area contributed by atoms with E-state index in [0.717, 1.165) is 28.8 Å². The summed E-state index contributed by atoms with van der Waals surface area (Å²) in [6.45, 7) is 9.97. The number of hydrogen-bond donors (Lipinski definition) is 1. The van der Waals surface area contributed by atoms with Gasteiger partial charge in [-0.2, -0.15) is 0 Å². The number of aromatic nitrogens is 4. The van der Waals surface area contributed by atoms with Crippen LogP contribution in [0.5, 0.6) is 0 Å². The number of carbonyl (C=O) groups excluding carboxylic acids is 2. The maximum absolute atomic E-state index is 14.1. The van der Waals surface area contributed by atoms with Gasteiger partial charge in [0, 0.05) is 24.5 Å². The van der Waals surface area contributed by atoms with Crippen molar-refractivity contribution in [1.29, 1.82) is 0 Å². The highest BCUT2D eigenvalue weighted by Gasteiger charge is 2.36. The molecule has 0 saturated heterocycles. The highest BCUT2D eigenvalue weighted by Crippen LogP contribution is 2.31. The molecule has 36 heavy (non-hydrogen) atoms. The van der Waals surface area contributed by atoms with Gasteiger partial charge in [-0.25, -0.2) is 4.68 Å². The normalized spacial score (nSPS) is 12.5. The third-order valence-electron chi connectivity index (χ3n) is 6.86. The number of fused-ring (bicyclic) bond motifs is 1. The zero-order valence-corrected chi connectivity index (χ0v) is 21.8. The maximum Gasteiger partial charge on any atom is 0.249 e. The van der Waals surface area contributed by atoms with Crippen LogP contribution in [0.4, 0.5) is 5.69 Å². The number of para-hydroxylation sites is 1. The van der Waals surface area contributed by atoms with Gasteiger partial charge in [-0.1, -0.05) is 30.3 Å². The van der Waals surface area contributed by atoms with Gasteiger partial charge < -0.3 is 9.88 Å². The molecule has 8 heteroatoms. The first-order valence-corrected chi connectivity index (χ1v) is 12.2. The van der Waals surface area contributed by atoms with E-state index in [-0.39, 0.29) is 18.4 Å². The predicted molar refractivity (Wildman–Crippen MR) is 142 cm³/mol. The van der Waals surface area contributed by atoms with Crippen LogP contribution in [0.15, 0.2) is 60.8 Å². The van der Waals surface area contributed by atoms with Crippen molar-refractivity contribution in [2.24, 2.45) is 7.05 Å². The molecule has 188 valence electrons. The molecule has 0 saturated carbocycles. The molecule has 0 radical (unpaired) electrons. The lowest BCUT2D eigenvalue weighted by Gasteiger charge is -2.35. The Balaban J connectivity index is 1.83. The molecule has 1 unspecified atom stereocenters. The van der Waals surface area contributed by atoms with Crippen molar-refractivity contribution in [1.82, 2.24) is 24.9 Å². The lowest BCUT2D eigenvalue weighted by Crippen LogP contribution is -2.51. The standard InChI is InChI=1S/C28H34N6O2/c1-7-28(4,5)29-27(36)26(24-13-10-16-32(24)6)34(21-15-14-19(2)20(3)17-21)25(35)18-33-23-12-9-8-11-22(23)30-31-33/h8-17,26H,7,18H2,1-6H3,(H,29,36). The van der Waals surface area contributed by atoms with Crippen molar-refractivity contribution in [2.75, 3.05) is 4.90 Å². The Labute approximate surface area is 211 Å². The lowest BCUT2D eigenvalue weighted by molar-refractivity contribution is -0.128. The highest BCUT2D eigenvalue weighted by atomic mass is 16.2. The van der Waals surface area contributed by atoms with Crippen molar-refractivity contribution in [3.05, 3.63) is 77.6 Å². The van der Waals surface area contributed by atoms with Gasteiger partial charge in [0.2, 0.25) is 11.8 Å². The molecule has 2 aromatic carbocycles. The topological polar surface area (TPSA) is 85.0 Å². The van der Waals surface area contributed by atoms with Crippen LogP contribution in [0.25, 0.3) is 11.0 Å². The Kier molecular flexibility index (Phi) is 6.97. The van der Waals surface area contributed by atoms with Gasteiger partial charge in [0.05, 0.1) is 11.2 Å².